The molecule has 3 N–H and O–H groups in total. The van der Waals surface area contributed by atoms with Gasteiger partial charge in [-0.05, 0) is 50.5 Å². The smallest absolute Gasteiger partial charge is 0.220 e. The molecule has 3 nitrogen and oxygen atoms in total. The average Bonchev–Trinajstić information content (AvgIpc) is 2.35. The van der Waals surface area contributed by atoms with E-state index in [4.69, 9.17) is 5.73 Å². The van der Waals surface area contributed by atoms with E-state index in [2.05, 4.69) is 24.4 Å². The molecular weight excluding hydrogens is 212 g/mol. The van der Waals surface area contributed by atoms with Crippen LogP contribution >= 0.6 is 0 Å². The molecule has 0 aliphatic heterocycles. The van der Waals surface area contributed by atoms with E-state index in [1.165, 1.54) is 6.42 Å². The lowest BCUT2D eigenvalue weighted by Gasteiger charge is -2.18. The minimum Gasteiger partial charge on any atom is -0.356 e. The standard InChI is InChI=1S/C14H26N2O/c1-12(9-10-15)7-8-14(17)16-11-13-5-3-2-4-6-13/h2-3,12-13H,4-11,15H2,1H3,(H,16,17). The van der Waals surface area contributed by atoms with Crippen molar-refractivity contribution in [2.24, 2.45) is 17.6 Å². The highest BCUT2D eigenvalue weighted by Crippen LogP contribution is 2.17. The van der Waals surface area contributed by atoms with Crippen LogP contribution in [-0.2, 0) is 4.79 Å². The van der Waals surface area contributed by atoms with E-state index < -0.39 is 0 Å². The Hall–Kier alpha value is -0.830. The van der Waals surface area contributed by atoms with Gasteiger partial charge in [-0.25, -0.2) is 0 Å². The highest BCUT2D eigenvalue weighted by molar-refractivity contribution is 5.75. The summed E-state index contributed by atoms with van der Waals surface area (Å²) in [4.78, 5) is 11.6. The van der Waals surface area contributed by atoms with Crippen LogP contribution in [0.2, 0.25) is 0 Å². The van der Waals surface area contributed by atoms with Crippen LogP contribution < -0.4 is 11.1 Å². The molecule has 0 saturated heterocycles. The van der Waals surface area contributed by atoms with E-state index in [1.807, 2.05) is 0 Å². The molecule has 17 heavy (non-hydrogen) atoms. The number of rotatable bonds is 7. The van der Waals surface area contributed by atoms with Gasteiger partial charge < -0.3 is 11.1 Å². The first-order chi connectivity index (χ1) is 8.22. The largest absolute Gasteiger partial charge is 0.356 e. The fraction of sp³-hybridized carbons (Fsp3) is 0.786. The maximum absolute atomic E-state index is 11.6. The van der Waals surface area contributed by atoms with Gasteiger partial charge in [-0.15, -0.1) is 0 Å². The number of hydrogen-bond donors (Lipinski definition) is 2. The summed E-state index contributed by atoms with van der Waals surface area (Å²) in [6, 6.07) is 0. The van der Waals surface area contributed by atoms with E-state index in [0.717, 1.165) is 38.8 Å². The summed E-state index contributed by atoms with van der Waals surface area (Å²) < 4.78 is 0. The summed E-state index contributed by atoms with van der Waals surface area (Å²) in [5.41, 5.74) is 5.49. The minimum atomic E-state index is 0.198. The van der Waals surface area contributed by atoms with Gasteiger partial charge in [0.05, 0.1) is 0 Å². The lowest BCUT2D eigenvalue weighted by molar-refractivity contribution is -0.121. The van der Waals surface area contributed by atoms with Crippen molar-refractivity contribution in [3.63, 3.8) is 0 Å². The zero-order chi connectivity index (χ0) is 12.5. The van der Waals surface area contributed by atoms with Gasteiger partial charge in [-0.3, -0.25) is 4.79 Å². The quantitative estimate of drug-likeness (QED) is 0.668. The van der Waals surface area contributed by atoms with Crippen LogP contribution in [0.25, 0.3) is 0 Å². The van der Waals surface area contributed by atoms with Crippen LogP contribution in [0.3, 0.4) is 0 Å². The molecule has 3 heteroatoms. The van der Waals surface area contributed by atoms with Crippen molar-refractivity contribution in [2.75, 3.05) is 13.1 Å². The summed E-state index contributed by atoms with van der Waals surface area (Å²) in [5.74, 6) is 1.40. The predicted octanol–water partition coefficient (Wildman–Crippen LogP) is 2.22. The van der Waals surface area contributed by atoms with Gasteiger partial charge in [0.25, 0.3) is 0 Å². The molecule has 0 fully saturated rings. The van der Waals surface area contributed by atoms with E-state index in [9.17, 15) is 4.79 Å². The molecule has 1 rings (SSSR count). The molecule has 0 radical (unpaired) electrons. The van der Waals surface area contributed by atoms with Gasteiger partial charge in [0.15, 0.2) is 0 Å². The second-order valence-electron chi connectivity index (χ2n) is 5.18. The van der Waals surface area contributed by atoms with Crippen molar-refractivity contribution >= 4 is 5.91 Å². The van der Waals surface area contributed by atoms with Crippen LogP contribution in [0.5, 0.6) is 0 Å². The molecule has 0 aromatic rings. The van der Waals surface area contributed by atoms with Gasteiger partial charge in [-0.2, -0.15) is 0 Å². The summed E-state index contributed by atoms with van der Waals surface area (Å²) >= 11 is 0. The predicted molar refractivity (Wildman–Crippen MR) is 71.6 cm³/mol. The lowest BCUT2D eigenvalue weighted by atomic mass is 9.94. The molecular formula is C14H26N2O. The van der Waals surface area contributed by atoms with Crippen molar-refractivity contribution in [3.05, 3.63) is 12.2 Å². The number of nitrogens with two attached hydrogens (primary N) is 1. The number of amides is 1. The Morgan fingerprint density at radius 3 is 2.94 bits per heavy atom. The maximum atomic E-state index is 11.6. The summed E-state index contributed by atoms with van der Waals surface area (Å²) in [5, 5.41) is 3.05. The topological polar surface area (TPSA) is 55.1 Å². The average molecular weight is 238 g/mol. The highest BCUT2D eigenvalue weighted by Gasteiger charge is 2.11. The monoisotopic (exact) mass is 238 g/mol. The van der Waals surface area contributed by atoms with Gasteiger partial charge in [0, 0.05) is 13.0 Å². The van der Waals surface area contributed by atoms with Crippen LogP contribution in [0.4, 0.5) is 0 Å². The second-order valence-corrected chi connectivity index (χ2v) is 5.18. The molecule has 0 heterocycles. The molecule has 1 aliphatic rings. The van der Waals surface area contributed by atoms with Crippen LogP contribution in [0, 0.1) is 11.8 Å². The van der Waals surface area contributed by atoms with Gasteiger partial charge in [0.2, 0.25) is 5.91 Å². The molecule has 0 aromatic carbocycles. The molecule has 0 spiro atoms. The van der Waals surface area contributed by atoms with Crippen LogP contribution in [0.15, 0.2) is 12.2 Å². The van der Waals surface area contributed by atoms with Crippen molar-refractivity contribution in [2.45, 2.75) is 45.4 Å². The fourth-order valence-electron chi connectivity index (χ4n) is 2.19. The Bertz CT molecular complexity index is 251. The number of allylic oxidation sites excluding steroid dienone is 2. The maximum Gasteiger partial charge on any atom is 0.220 e. The van der Waals surface area contributed by atoms with Gasteiger partial charge in [-0.1, -0.05) is 19.1 Å². The Kier molecular flexibility index (Phi) is 6.94. The summed E-state index contributed by atoms with van der Waals surface area (Å²) in [7, 11) is 0. The number of carbonyl (C=O) groups is 1. The molecule has 1 amide bonds. The second kappa shape index (κ2) is 8.29. The van der Waals surface area contributed by atoms with Gasteiger partial charge >= 0.3 is 0 Å². The fourth-order valence-corrected chi connectivity index (χ4v) is 2.19. The van der Waals surface area contributed by atoms with Crippen molar-refractivity contribution in [1.29, 1.82) is 0 Å². The third-order valence-electron chi connectivity index (χ3n) is 3.49. The zero-order valence-corrected chi connectivity index (χ0v) is 11.0. The van der Waals surface area contributed by atoms with E-state index >= 15 is 0 Å². The number of nitrogens with one attached hydrogen (secondary N) is 1. The number of hydrogen-bond acceptors (Lipinski definition) is 2. The number of carbonyl (C=O) groups excluding carboxylic acids is 1. The zero-order valence-electron chi connectivity index (χ0n) is 11.0. The minimum absolute atomic E-state index is 0.198. The Morgan fingerprint density at radius 1 is 1.47 bits per heavy atom. The molecule has 0 saturated carbocycles. The first-order valence-electron chi connectivity index (χ1n) is 6.84. The van der Waals surface area contributed by atoms with Crippen molar-refractivity contribution in [1.82, 2.24) is 5.32 Å². The van der Waals surface area contributed by atoms with E-state index in [-0.39, 0.29) is 5.91 Å². The highest BCUT2D eigenvalue weighted by atomic mass is 16.1. The Morgan fingerprint density at radius 2 is 2.29 bits per heavy atom. The molecule has 98 valence electrons. The molecule has 1 aliphatic carbocycles. The summed E-state index contributed by atoms with van der Waals surface area (Å²) in [6.07, 6.45) is 10.5. The van der Waals surface area contributed by atoms with E-state index in [1.54, 1.807) is 0 Å². The first-order valence-corrected chi connectivity index (χ1v) is 6.84. The molecule has 2 unspecified atom stereocenters. The Labute approximate surface area is 105 Å². The third kappa shape index (κ3) is 6.47. The van der Waals surface area contributed by atoms with Crippen LogP contribution in [0.1, 0.15) is 45.4 Å². The third-order valence-corrected chi connectivity index (χ3v) is 3.49. The summed E-state index contributed by atoms with van der Waals surface area (Å²) in [6.45, 7) is 3.72. The lowest BCUT2D eigenvalue weighted by Crippen LogP contribution is -2.29. The first kappa shape index (κ1) is 14.2. The SMILES string of the molecule is CC(CCN)CCC(=O)NCC1CC=CCC1. The van der Waals surface area contributed by atoms with E-state index in [0.29, 0.717) is 18.3 Å². The van der Waals surface area contributed by atoms with Crippen molar-refractivity contribution < 1.29 is 4.79 Å². The molecule has 2 atom stereocenters. The molecule has 0 bridgehead atoms. The van der Waals surface area contributed by atoms with Crippen LogP contribution in [-0.4, -0.2) is 19.0 Å². The Balaban J connectivity index is 2.06. The van der Waals surface area contributed by atoms with Gasteiger partial charge in [0.1, 0.15) is 0 Å². The normalized spacial score (nSPS) is 21.2. The molecule has 0 aromatic heterocycles. The van der Waals surface area contributed by atoms with Crippen molar-refractivity contribution in [3.8, 4) is 0 Å².